The lowest BCUT2D eigenvalue weighted by Gasteiger charge is -2.41. The molecule has 1 fully saturated rings. The number of ether oxygens (including phenoxy) is 1. The second-order valence-electron chi connectivity index (χ2n) is 8.61. The van der Waals surface area contributed by atoms with Gasteiger partial charge in [0.1, 0.15) is 6.10 Å². The van der Waals surface area contributed by atoms with Crippen molar-refractivity contribution in [2.45, 2.75) is 38.5 Å². The summed E-state index contributed by atoms with van der Waals surface area (Å²) >= 11 is 0. The average molecular weight is 437 g/mol. The van der Waals surface area contributed by atoms with Gasteiger partial charge in [0.05, 0.1) is 30.1 Å². The van der Waals surface area contributed by atoms with Crippen molar-refractivity contribution in [1.82, 2.24) is 15.2 Å². The number of pyridine rings is 1. The number of nitrogens with zero attached hydrogens (tertiary/aromatic N) is 4. The molecule has 0 aliphatic carbocycles. The lowest BCUT2D eigenvalue weighted by atomic mass is 9.95. The van der Waals surface area contributed by atoms with E-state index in [2.05, 4.69) is 32.3 Å². The van der Waals surface area contributed by atoms with E-state index in [4.69, 9.17) is 4.74 Å². The van der Waals surface area contributed by atoms with Gasteiger partial charge in [-0.3, -0.25) is 0 Å². The number of aromatic nitrogens is 3. The molecule has 3 aromatic rings. The number of hydrogen-bond donors (Lipinski definition) is 3. The summed E-state index contributed by atoms with van der Waals surface area (Å²) in [5.74, 6) is 0.0295. The van der Waals surface area contributed by atoms with E-state index < -0.39 is 11.6 Å². The Morgan fingerprint density at radius 1 is 1.31 bits per heavy atom. The Bertz CT molecular complexity index is 1190. The number of para-hydroxylation sites is 1. The maximum Gasteiger partial charge on any atom is 0.213 e. The smallest absolute Gasteiger partial charge is 0.213 e. The van der Waals surface area contributed by atoms with Crippen LogP contribution in [-0.4, -0.2) is 50.1 Å². The fourth-order valence-electron chi connectivity index (χ4n) is 4.53. The largest absolute Gasteiger partial charge is 0.504 e. The van der Waals surface area contributed by atoms with Gasteiger partial charge in [-0.25, -0.2) is 9.37 Å². The van der Waals surface area contributed by atoms with Crippen LogP contribution in [0.2, 0.25) is 0 Å². The summed E-state index contributed by atoms with van der Waals surface area (Å²) in [6.45, 7) is 5.31. The Labute approximate surface area is 184 Å². The number of anilines is 2. The highest BCUT2D eigenvalue weighted by atomic mass is 19.1. The third-order valence-electron chi connectivity index (χ3n) is 6.32. The van der Waals surface area contributed by atoms with Crippen LogP contribution < -0.4 is 15.0 Å². The summed E-state index contributed by atoms with van der Waals surface area (Å²) < 4.78 is 20.0. The first-order chi connectivity index (χ1) is 15.4. The summed E-state index contributed by atoms with van der Waals surface area (Å²) in [6, 6.07) is 8.01. The minimum absolute atomic E-state index is 0.0545. The SMILES string of the molecule is Cc1cc(O[C@H]2CN3c4cc(-c5cccc(F)c5O)nnc4NC[C@@]3(C)C2)ncc1CO. The summed E-state index contributed by atoms with van der Waals surface area (Å²) in [5.41, 5.74) is 3.01. The summed E-state index contributed by atoms with van der Waals surface area (Å²) in [5, 5.41) is 31.3. The predicted molar refractivity (Wildman–Crippen MR) is 117 cm³/mol. The molecule has 0 spiro atoms. The van der Waals surface area contributed by atoms with Gasteiger partial charge in [-0.15, -0.1) is 10.2 Å². The predicted octanol–water partition coefficient (Wildman–Crippen LogP) is 3.03. The van der Waals surface area contributed by atoms with Gasteiger partial charge in [-0.1, -0.05) is 6.07 Å². The standard InChI is InChI=1S/C23H24FN5O3/c1-13-6-20(25-9-14(13)11-30)32-15-8-23(2)12-26-22-19(29(23)10-15)7-18(27-28-22)16-4-3-5-17(24)21(16)31/h3-7,9,15,30-31H,8,10-12H2,1-2H3,(H,26,28)/t15-,23-/m1/s1. The molecule has 1 aromatic carbocycles. The van der Waals surface area contributed by atoms with Crippen molar-refractivity contribution in [2.75, 3.05) is 23.3 Å². The Morgan fingerprint density at radius 3 is 2.94 bits per heavy atom. The first kappa shape index (κ1) is 20.4. The molecule has 0 radical (unpaired) electrons. The molecule has 2 aromatic heterocycles. The zero-order chi connectivity index (χ0) is 22.5. The molecule has 0 bridgehead atoms. The number of phenolic OH excluding ortho intramolecular Hbond substituents is 1. The van der Waals surface area contributed by atoms with Crippen LogP contribution in [-0.2, 0) is 6.61 Å². The highest BCUT2D eigenvalue weighted by Crippen LogP contribution is 2.43. The molecule has 1 saturated heterocycles. The van der Waals surface area contributed by atoms with Crippen molar-refractivity contribution in [3.05, 3.63) is 53.5 Å². The number of nitrogens with one attached hydrogen (secondary N) is 1. The molecular weight excluding hydrogens is 413 g/mol. The Hall–Kier alpha value is -3.46. The number of phenols is 1. The lowest BCUT2D eigenvalue weighted by Crippen LogP contribution is -2.50. The number of halogens is 1. The zero-order valence-electron chi connectivity index (χ0n) is 17.8. The van der Waals surface area contributed by atoms with Gasteiger partial charge in [-0.05, 0) is 43.2 Å². The first-order valence-corrected chi connectivity index (χ1v) is 10.5. The van der Waals surface area contributed by atoms with Gasteiger partial charge >= 0.3 is 0 Å². The van der Waals surface area contributed by atoms with Crippen LogP contribution in [0.1, 0.15) is 24.5 Å². The number of aromatic hydroxyl groups is 1. The Balaban J connectivity index is 1.44. The van der Waals surface area contributed by atoms with E-state index in [1.807, 2.05) is 19.1 Å². The van der Waals surface area contributed by atoms with E-state index in [1.54, 1.807) is 12.3 Å². The summed E-state index contributed by atoms with van der Waals surface area (Å²) in [7, 11) is 0. The molecule has 32 heavy (non-hydrogen) atoms. The number of fused-ring (bicyclic) bond motifs is 3. The van der Waals surface area contributed by atoms with Gasteiger partial charge in [-0.2, -0.15) is 0 Å². The van der Waals surface area contributed by atoms with E-state index in [0.717, 1.165) is 23.2 Å². The molecule has 3 N–H and O–H groups in total. The number of aliphatic hydroxyl groups excluding tert-OH is 1. The minimum Gasteiger partial charge on any atom is -0.504 e. The van der Waals surface area contributed by atoms with Crippen molar-refractivity contribution in [3.8, 4) is 22.9 Å². The topological polar surface area (TPSA) is 104 Å². The molecule has 2 aliphatic rings. The third-order valence-corrected chi connectivity index (χ3v) is 6.32. The van der Waals surface area contributed by atoms with E-state index in [1.165, 1.54) is 12.1 Å². The summed E-state index contributed by atoms with van der Waals surface area (Å²) in [4.78, 5) is 6.56. The quantitative estimate of drug-likeness (QED) is 0.572. The van der Waals surface area contributed by atoms with Crippen molar-refractivity contribution < 1.29 is 19.3 Å². The van der Waals surface area contributed by atoms with Crippen molar-refractivity contribution >= 4 is 11.5 Å². The summed E-state index contributed by atoms with van der Waals surface area (Å²) in [6.07, 6.45) is 2.31. The van der Waals surface area contributed by atoms with Gasteiger partial charge in [0.25, 0.3) is 0 Å². The van der Waals surface area contributed by atoms with Gasteiger partial charge in [0.2, 0.25) is 5.88 Å². The number of aliphatic hydroxyl groups is 1. The number of hydrogen-bond acceptors (Lipinski definition) is 8. The maximum absolute atomic E-state index is 13.9. The third kappa shape index (κ3) is 3.38. The lowest BCUT2D eigenvalue weighted by molar-refractivity contribution is 0.204. The molecule has 2 atom stereocenters. The van der Waals surface area contributed by atoms with Crippen LogP contribution in [0.25, 0.3) is 11.3 Å². The normalized spacial score (nSPS) is 21.6. The number of benzene rings is 1. The Kier molecular flexibility index (Phi) is 4.85. The monoisotopic (exact) mass is 437 g/mol. The highest BCUT2D eigenvalue weighted by Gasteiger charge is 2.47. The van der Waals surface area contributed by atoms with Crippen LogP contribution >= 0.6 is 0 Å². The molecule has 4 heterocycles. The molecule has 5 rings (SSSR count). The molecular formula is C23H24FN5O3. The maximum atomic E-state index is 13.9. The molecule has 166 valence electrons. The van der Waals surface area contributed by atoms with Crippen LogP contribution in [0.5, 0.6) is 11.6 Å². The van der Waals surface area contributed by atoms with Crippen LogP contribution in [0.15, 0.2) is 36.5 Å². The second-order valence-corrected chi connectivity index (χ2v) is 8.61. The van der Waals surface area contributed by atoms with Crippen LogP contribution in [0, 0.1) is 12.7 Å². The molecule has 0 unspecified atom stereocenters. The van der Waals surface area contributed by atoms with Crippen molar-refractivity contribution in [3.63, 3.8) is 0 Å². The fraction of sp³-hybridized carbons (Fsp3) is 0.348. The van der Waals surface area contributed by atoms with Gasteiger partial charge in [0, 0.05) is 30.8 Å². The first-order valence-electron chi connectivity index (χ1n) is 10.5. The highest BCUT2D eigenvalue weighted by molar-refractivity contribution is 5.77. The fourth-order valence-corrected chi connectivity index (χ4v) is 4.53. The van der Waals surface area contributed by atoms with E-state index in [0.29, 0.717) is 36.0 Å². The van der Waals surface area contributed by atoms with Crippen molar-refractivity contribution in [1.29, 1.82) is 0 Å². The Morgan fingerprint density at radius 2 is 2.16 bits per heavy atom. The zero-order valence-corrected chi connectivity index (χ0v) is 17.8. The molecule has 2 aliphatic heterocycles. The average Bonchev–Trinajstić information content (AvgIpc) is 3.12. The molecule has 0 amide bonds. The number of aryl methyl sites for hydroxylation is 1. The molecule has 8 nitrogen and oxygen atoms in total. The molecule has 9 heteroatoms. The second kappa shape index (κ2) is 7.59. The van der Waals surface area contributed by atoms with Gasteiger partial charge in [0.15, 0.2) is 17.4 Å². The van der Waals surface area contributed by atoms with Gasteiger partial charge < -0.3 is 25.2 Å². The van der Waals surface area contributed by atoms with E-state index in [-0.39, 0.29) is 18.2 Å². The molecule has 0 saturated carbocycles. The van der Waals surface area contributed by atoms with E-state index in [9.17, 15) is 14.6 Å². The van der Waals surface area contributed by atoms with Crippen LogP contribution in [0.3, 0.4) is 0 Å². The van der Waals surface area contributed by atoms with E-state index >= 15 is 0 Å². The van der Waals surface area contributed by atoms with Crippen molar-refractivity contribution in [2.24, 2.45) is 0 Å². The minimum atomic E-state index is -0.699. The van der Waals surface area contributed by atoms with Crippen LogP contribution in [0.4, 0.5) is 15.9 Å². The number of rotatable bonds is 4.